The van der Waals surface area contributed by atoms with Gasteiger partial charge in [-0.3, -0.25) is 0 Å². The lowest BCUT2D eigenvalue weighted by Crippen LogP contribution is -2.10. The van der Waals surface area contributed by atoms with Crippen molar-refractivity contribution in [3.8, 4) is 0 Å². The normalized spacial score (nSPS) is 11.6. The van der Waals surface area contributed by atoms with E-state index in [2.05, 4.69) is 6.58 Å². The summed E-state index contributed by atoms with van der Waals surface area (Å²) in [5.41, 5.74) is 4.78. The van der Waals surface area contributed by atoms with E-state index in [0.717, 1.165) is 6.07 Å². The SMILES string of the molecule is C=C(CCN)c1c(Cl)cccc1C(F)(F)F. The van der Waals surface area contributed by atoms with E-state index < -0.39 is 11.7 Å². The van der Waals surface area contributed by atoms with Crippen molar-refractivity contribution in [1.29, 1.82) is 0 Å². The molecule has 0 aliphatic rings. The Morgan fingerprint density at radius 2 is 2.00 bits per heavy atom. The van der Waals surface area contributed by atoms with Crippen molar-refractivity contribution >= 4 is 17.2 Å². The minimum absolute atomic E-state index is 0.0493. The molecular weight excluding hydrogens is 239 g/mol. The summed E-state index contributed by atoms with van der Waals surface area (Å²) < 4.78 is 38.1. The summed E-state index contributed by atoms with van der Waals surface area (Å²) >= 11 is 5.76. The summed E-state index contributed by atoms with van der Waals surface area (Å²) in [4.78, 5) is 0. The average Bonchev–Trinajstić information content (AvgIpc) is 2.16. The van der Waals surface area contributed by atoms with Gasteiger partial charge in [-0.25, -0.2) is 0 Å². The van der Waals surface area contributed by atoms with E-state index in [0.29, 0.717) is 5.57 Å². The van der Waals surface area contributed by atoms with Crippen LogP contribution in [0.3, 0.4) is 0 Å². The molecule has 0 fully saturated rings. The first kappa shape index (κ1) is 13.1. The van der Waals surface area contributed by atoms with Gasteiger partial charge in [0.1, 0.15) is 0 Å². The lowest BCUT2D eigenvalue weighted by Gasteiger charge is -2.15. The Balaban J connectivity index is 3.30. The number of nitrogens with two attached hydrogens (primary N) is 1. The van der Waals surface area contributed by atoms with Crippen molar-refractivity contribution in [2.24, 2.45) is 5.73 Å². The van der Waals surface area contributed by atoms with Gasteiger partial charge in [0.05, 0.1) is 5.56 Å². The van der Waals surface area contributed by atoms with E-state index >= 15 is 0 Å². The number of hydrogen-bond donors (Lipinski definition) is 1. The topological polar surface area (TPSA) is 26.0 Å². The lowest BCUT2D eigenvalue weighted by molar-refractivity contribution is -0.137. The van der Waals surface area contributed by atoms with Crippen LogP contribution < -0.4 is 5.73 Å². The molecule has 0 amide bonds. The first-order valence-corrected chi connectivity index (χ1v) is 4.99. The minimum Gasteiger partial charge on any atom is -0.330 e. The molecule has 0 bridgehead atoms. The summed E-state index contributed by atoms with van der Waals surface area (Å²) in [6.45, 7) is 3.82. The standard InChI is InChI=1S/C11H11ClF3N/c1-7(5-6-16)10-8(11(13,14)15)3-2-4-9(10)12/h2-4H,1,5-6,16H2. The predicted octanol–water partition coefficient (Wildman–Crippen LogP) is 3.72. The second kappa shape index (κ2) is 4.89. The minimum atomic E-state index is -4.43. The highest BCUT2D eigenvalue weighted by Crippen LogP contribution is 2.38. The highest BCUT2D eigenvalue weighted by molar-refractivity contribution is 6.32. The molecule has 1 aromatic carbocycles. The van der Waals surface area contributed by atoms with E-state index in [1.807, 2.05) is 0 Å². The number of halogens is 4. The predicted molar refractivity (Wildman–Crippen MR) is 59.2 cm³/mol. The Hall–Kier alpha value is -1.00. The molecule has 0 aliphatic heterocycles. The fraction of sp³-hybridized carbons (Fsp3) is 0.273. The molecule has 2 N–H and O–H groups in total. The van der Waals surface area contributed by atoms with Crippen molar-refractivity contribution in [3.05, 3.63) is 40.9 Å². The number of hydrogen-bond acceptors (Lipinski definition) is 1. The second-order valence-electron chi connectivity index (χ2n) is 3.30. The smallest absolute Gasteiger partial charge is 0.330 e. The number of alkyl halides is 3. The maximum atomic E-state index is 12.7. The molecule has 1 rings (SSSR count). The summed E-state index contributed by atoms with van der Waals surface area (Å²) in [5, 5.41) is 0.0493. The number of benzene rings is 1. The van der Waals surface area contributed by atoms with Gasteiger partial charge in [0.15, 0.2) is 0 Å². The van der Waals surface area contributed by atoms with Crippen molar-refractivity contribution in [1.82, 2.24) is 0 Å². The van der Waals surface area contributed by atoms with Crippen LogP contribution in [0.2, 0.25) is 5.02 Å². The van der Waals surface area contributed by atoms with Crippen LogP contribution in [0.15, 0.2) is 24.8 Å². The molecule has 1 aromatic rings. The van der Waals surface area contributed by atoms with Gasteiger partial charge in [0.2, 0.25) is 0 Å². The molecular formula is C11H11ClF3N. The Morgan fingerprint density at radius 1 is 1.38 bits per heavy atom. The van der Waals surface area contributed by atoms with Crippen LogP contribution in [0.1, 0.15) is 17.5 Å². The lowest BCUT2D eigenvalue weighted by atomic mass is 9.98. The zero-order chi connectivity index (χ0) is 12.3. The molecule has 0 atom stereocenters. The quantitative estimate of drug-likeness (QED) is 0.868. The Morgan fingerprint density at radius 3 is 2.50 bits per heavy atom. The van der Waals surface area contributed by atoms with Crippen LogP contribution in [-0.4, -0.2) is 6.54 Å². The molecule has 0 saturated heterocycles. The molecule has 0 heterocycles. The van der Waals surface area contributed by atoms with Gasteiger partial charge >= 0.3 is 6.18 Å². The molecule has 5 heteroatoms. The molecule has 0 spiro atoms. The molecule has 1 nitrogen and oxygen atoms in total. The Bertz CT molecular complexity index is 399. The third kappa shape index (κ3) is 2.77. The van der Waals surface area contributed by atoms with Gasteiger partial charge in [-0.15, -0.1) is 0 Å². The highest BCUT2D eigenvalue weighted by Gasteiger charge is 2.34. The molecule has 88 valence electrons. The third-order valence-corrected chi connectivity index (χ3v) is 2.43. The van der Waals surface area contributed by atoms with Crippen LogP contribution >= 0.6 is 11.6 Å². The van der Waals surface area contributed by atoms with Crippen molar-refractivity contribution in [2.75, 3.05) is 6.54 Å². The number of rotatable bonds is 3. The van der Waals surface area contributed by atoms with E-state index in [4.69, 9.17) is 17.3 Å². The maximum Gasteiger partial charge on any atom is 0.417 e. The second-order valence-corrected chi connectivity index (χ2v) is 3.71. The Labute approximate surface area is 96.7 Å². The zero-order valence-corrected chi connectivity index (χ0v) is 9.20. The van der Waals surface area contributed by atoms with E-state index in [1.54, 1.807) is 0 Å². The highest BCUT2D eigenvalue weighted by atomic mass is 35.5. The van der Waals surface area contributed by atoms with Gasteiger partial charge in [0.25, 0.3) is 0 Å². The van der Waals surface area contributed by atoms with Gasteiger partial charge in [0, 0.05) is 10.6 Å². The van der Waals surface area contributed by atoms with E-state index in [9.17, 15) is 13.2 Å². The van der Waals surface area contributed by atoms with Gasteiger partial charge in [-0.1, -0.05) is 24.2 Å². The van der Waals surface area contributed by atoms with Gasteiger partial charge in [-0.05, 0) is 30.7 Å². The van der Waals surface area contributed by atoms with Crippen LogP contribution in [0.25, 0.3) is 5.57 Å². The van der Waals surface area contributed by atoms with Crippen molar-refractivity contribution < 1.29 is 13.2 Å². The summed E-state index contributed by atoms with van der Waals surface area (Å²) in [7, 11) is 0. The maximum absolute atomic E-state index is 12.7. The first-order chi connectivity index (χ1) is 7.38. The van der Waals surface area contributed by atoms with Crippen molar-refractivity contribution in [3.63, 3.8) is 0 Å². The Kier molecular flexibility index (Phi) is 3.99. The van der Waals surface area contributed by atoms with Gasteiger partial charge in [-0.2, -0.15) is 13.2 Å². The summed E-state index contributed by atoms with van der Waals surface area (Å²) in [5.74, 6) is 0. The fourth-order valence-electron chi connectivity index (χ4n) is 1.42. The monoisotopic (exact) mass is 249 g/mol. The van der Waals surface area contributed by atoms with Crippen molar-refractivity contribution in [2.45, 2.75) is 12.6 Å². The first-order valence-electron chi connectivity index (χ1n) is 4.62. The third-order valence-electron chi connectivity index (χ3n) is 2.12. The van der Waals surface area contributed by atoms with E-state index in [-0.39, 0.29) is 23.6 Å². The van der Waals surface area contributed by atoms with Gasteiger partial charge < -0.3 is 5.73 Å². The molecule has 0 saturated carbocycles. The molecule has 0 aliphatic carbocycles. The molecule has 0 aromatic heterocycles. The van der Waals surface area contributed by atoms with Crippen LogP contribution in [0.4, 0.5) is 13.2 Å². The van der Waals surface area contributed by atoms with E-state index in [1.165, 1.54) is 12.1 Å². The summed E-state index contributed by atoms with van der Waals surface area (Å²) in [6, 6.07) is 3.67. The molecule has 0 radical (unpaired) electrons. The van der Waals surface area contributed by atoms with Crippen LogP contribution in [0, 0.1) is 0 Å². The molecule has 16 heavy (non-hydrogen) atoms. The fourth-order valence-corrected chi connectivity index (χ4v) is 1.73. The largest absolute Gasteiger partial charge is 0.417 e. The zero-order valence-electron chi connectivity index (χ0n) is 8.44. The molecule has 0 unspecified atom stereocenters. The van der Waals surface area contributed by atoms with Crippen LogP contribution in [-0.2, 0) is 6.18 Å². The summed E-state index contributed by atoms with van der Waals surface area (Å²) in [6.07, 6.45) is -4.15. The van der Waals surface area contributed by atoms with Crippen LogP contribution in [0.5, 0.6) is 0 Å². The average molecular weight is 250 g/mol.